The SMILES string of the molecule is CCCN.CCNCCN. The largest absolute Gasteiger partial charge is 0.330 e. The van der Waals surface area contributed by atoms with Crippen molar-refractivity contribution in [3.8, 4) is 0 Å². The molecular formula is C7H21N3. The van der Waals surface area contributed by atoms with Gasteiger partial charge in [-0.15, -0.1) is 0 Å². The van der Waals surface area contributed by atoms with E-state index in [4.69, 9.17) is 11.5 Å². The molecule has 0 aromatic carbocycles. The van der Waals surface area contributed by atoms with Crippen LogP contribution in [0.25, 0.3) is 0 Å². The van der Waals surface area contributed by atoms with E-state index in [9.17, 15) is 0 Å². The first-order valence-electron chi connectivity index (χ1n) is 3.94. The van der Waals surface area contributed by atoms with Crippen molar-refractivity contribution in [2.75, 3.05) is 26.2 Å². The Balaban J connectivity index is 0. The summed E-state index contributed by atoms with van der Waals surface area (Å²) in [6.45, 7) is 7.65. The predicted octanol–water partition coefficient (Wildman–Crippen LogP) is -0.0903. The van der Waals surface area contributed by atoms with Gasteiger partial charge in [-0.05, 0) is 19.5 Å². The molecule has 0 saturated heterocycles. The zero-order valence-electron chi connectivity index (χ0n) is 7.19. The summed E-state index contributed by atoms with van der Waals surface area (Å²) in [5, 5.41) is 3.07. The van der Waals surface area contributed by atoms with Gasteiger partial charge in [-0.1, -0.05) is 13.8 Å². The topological polar surface area (TPSA) is 64.1 Å². The summed E-state index contributed by atoms with van der Waals surface area (Å²) in [6.07, 6.45) is 1.10. The van der Waals surface area contributed by atoms with Crippen molar-refractivity contribution < 1.29 is 0 Å². The predicted molar refractivity (Wildman–Crippen MR) is 46.9 cm³/mol. The third-order valence-electron chi connectivity index (χ3n) is 0.860. The monoisotopic (exact) mass is 147 g/mol. The zero-order valence-corrected chi connectivity index (χ0v) is 7.19. The van der Waals surface area contributed by atoms with Gasteiger partial charge in [-0.2, -0.15) is 0 Å². The van der Waals surface area contributed by atoms with Crippen LogP contribution in [0.1, 0.15) is 20.3 Å². The maximum atomic E-state index is 5.15. The molecule has 0 spiro atoms. The summed E-state index contributed by atoms with van der Waals surface area (Å²) >= 11 is 0. The second-order valence-electron chi connectivity index (χ2n) is 1.93. The van der Waals surface area contributed by atoms with Crippen LogP contribution in [0, 0.1) is 0 Å². The fourth-order valence-electron chi connectivity index (χ4n) is 0.279. The normalized spacial score (nSPS) is 8.40. The minimum atomic E-state index is 0.744. The van der Waals surface area contributed by atoms with Crippen molar-refractivity contribution in [3.05, 3.63) is 0 Å². The standard InChI is InChI=1S/C4H12N2.C3H9N/c1-2-6-4-3-5;1-2-3-4/h6H,2-5H2,1H3;2-4H2,1H3. The molecule has 10 heavy (non-hydrogen) atoms. The first-order valence-corrected chi connectivity index (χ1v) is 3.94. The molecule has 0 aromatic heterocycles. The van der Waals surface area contributed by atoms with E-state index in [1.54, 1.807) is 0 Å². The van der Waals surface area contributed by atoms with E-state index in [1.165, 1.54) is 0 Å². The van der Waals surface area contributed by atoms with Crippen LogP contribution in [0.5, 0.6) is 0 Å². The molecule has 64 valence electrons. The lowest BCUT2D eigenvalue weighted by atomic mass is 10.5. The first kappa shape index (κ1) is 12.5. The average molecular weight is 147 g/mol. The number of likely N-dealkylation sites (N-methyl/N-ethyl adjacent to an activating group) is 1. The summed E-state index contributed by atoms with van der Waals surface area (Å²) in [7, 11) is 0. The molecule has 0 aliphatic heterocycles. The molecule has 0 aliphatic carbocycles. The molecule has 0 aromatic rings. The first-order chi connectivity index (χ1) is 4.83. The number of nitrogens with two attached hydrogens (primary N) is 2. The summed E-state index contributed by atoms with van der Waals surface area (Å²) in [5.41, 5.74) is 10.2. The van der Waals surface area contributed by atoms with Gasteiger partial charge in [0.15, 0.2) is 0 Å². The molecular weight excluding hydrogens is 126 g/mol. The maximum absolute atomic E-state index is 5.15. The van der Waals surface area contributed by atoms with Crippen molar-refractivity contribution in [2.45, 2.75) is 20.3 Å². The Morgan fingerprint density at radius 3 is 1.70 bits per heavy atom. The van der Waals surface area contributed by atoms with Gasteiger partial charge in [0.05, 0.1) is 0 Å². The van der Waals surface area contributed by atoms with Gasteiger partial charge in [0.2, 0.25) is 0 Å². The molecule has 0 saturated carbocycles. The minimum absolute atomic E-state index is 0.744. The van der Waals surface area contributed by atoms with Crippen LogP contribution in [0.3, 0.4) is 0 Å². The highest BCUT2D eigenvalue weighted by molar-refractivity contribution is 4.39. The van der Waals surface area contributed by atoms with Crippen LogP contribution in [-0.2, 0) is 0 Å². The molecule has 3 nitrogen and oxygen atoms in total. The number of hydrogen-bond acceptors (Lipinski definition) is 3. The van der Waals surface area contributed by atoms with E-state index in [0.29, 0.717) is 0 Å². The number of hydrogen-bond donors (Lipinski definition) is 3. The Morgan fingerprint density at radius 1 is 1.10 bits per heavy atom. The molecule has 0 bridgehead atoms. The Bertz CT molecular complexity index is 33.8. The highest BCUT2D eigenvalue weighted by atomic mass is 14.9. The van der Waals surface area contributed by atoms with Crippen molar-refractivity contribution in [1.29, 1.82) is 0 Å². The van der Waals surface area contributed by atoms with Crippen molar-refractivity contribution in [1.82, 2.24) is 5.32 Å². The van der Waals surface area contributed by atoms with Gasteiger partial charge >= 0.3 is 0 Å². The Morgan fingerprint density at radius 2 is 1.60 bits per heavy atom. The summed E-state index contributed by atoms with van der Waals surface area (Å²) in [4.78, 5) is 0. The van der Waals surface area contributed by atoms with Gasteiger partial charge in [-0.3, -0.25) is 0 Å². The molecule has 5 N–H and O–H groups in total. The lowest BCUT2D eigenvalue weighted by Gasteiger charge is -1.92. The van der Waals surface area contributed by atoms with Gasteiger partial charge in [0.1, 0.15) is 0 Å². The minimum Gasteiger partial charge on any atom is -0.330 e. The molecule has 0 fully saturated rings. The van der Waals surface area contributed by atoms with Crippen LogP contribution in [-0.4, -0.2) is 26.2 Å². The smallest absolute Gasteiger partial charge is 0.00743 e. The van der Waals surface area contributed by atoms with Gasteiger partial charge in [0.25, 0.3) is 0 Å². The van der Waals surface area contributed by atoms with Crippen molar-refractivity contribution in [2.24, 2.45) is 11.5 Å². The third kappa shape index (κ3) is 24.8. The van der Waals surface area contributed by atoms with E-state index in [-0.39, 0.29) is 0 Å². The quantitative estimate of drug-likeness (QED) is 0.487. The molecule has 0 radical (unpaired) electrons. The summed E-state index contributed by atoms with van der Waals surface area (Å²) in [5.74, 6) is 0. The van der Waals surface area contributed by atoms with E-state index >= 15 is 0 Å². The lowest BCUT2D eigenvalue weighted by molar-refractivity contribution is 0.725. The van der Waals surface area contributed by atoms with Gasteiger partial charge < -0.3 is 16.8 Å². The molecule has 0 rings (SSSR count). The van der Waals surface area contributed by atoms with E-state index in [1.807, 2.05) is 0 Å². The molecule has 0 heterocycles. The molecule has 0 atom stereocenters. The highest BCUT2D eigenvalue weighted by Gasteiger charge is 1.71. The Kier molecular flexibility index (Phi) is 20.0. The van der Waals surface area contributed by atoms with Crippen LogP contribution >= 0.6 is 0 Å². The van der Waals surface area contributed by atoms with Crippen molar-refractivity contribution >= 4 is 0 Å². The van der Waals surface area contributed by atoms with E-state index in [0.717, 1.165) is 32.6 Å². The van der Waals surface area contributed by atoms with Gasteiger partial charge in [-0.25, -0.2) is 0 Å². The lowest BCUT2D eigenvalue weighted by Crippen LogP contribution is -2.21. The molecule has 0 amide bonds. The second kappa shape index (κ2) is 15.9. The van der Waals surface area contributed by atoms with E-state index < -0.39 is 0 Å². The zero-order chi connectivity index (χ0) is 8.24. The van der Waals surface area contributed by atoms with Crippen LogP contribution in [0.4, 0.5) is 0 Å². The molecule has 0 aliphatic rings. The number of rotatable bonds is 4. The molecule has 3 heteroatoms. The fourth-order valence-corrected chi connectivity index (χ4v) is 0.279. The Hall–Kier alpha value is -0.120. The van der Waals surface area contributed by atoms with Gasteiger partial charge in [0, 0.05) is 13.1 Å². The fraction of sp³-hybridized carbons (Fsp3) is 1.00. The third-order valence-corrected chi connectivity index (χ3v) is 0.860. The second-order valence-corrected chi connectivity index (χ2v) is 1.93. The van der Waals surface area contributed by atoms with Crippen LogP contribution in [0.2, 0.25) is 0 Å². The Labute approximate surface area is 64.2 Å². The van der Waals surface area contributed by atoms with E-state index in [2.05, 4.69) is 19.2 Å². The number of nitrogens with one attached hydrogen (secondary N) is 1. The van der Waals surface area contributed by atoms with Crippen molar-refractivity contribution in [3.63, 3.8) is 0 Å². The van der Waals surface area contributed by atoms with Crippen LogP contribution in [0.15, 0.2) is 0 Å². The maximum Gasteiger partial charge on any atom is 0.00743 e. The summed E-state index contributed by atoms with van der Waals surface area (Å²) in [6, 6.07) is 0. The average Bonchev–Trinajstić information content (AvgIpc) is 2.01. The summed E-state index contributed by atoms with van der Waals surface area (Å²) < 4.78 is 0. The highest BCUT2D eigenvalue weighted by Crippen LogP contribution is 1.57. The van der Waals surface area contributed by atoms with Crippen LogP contribution < -0.4 is 16.8 Å². The molecule has 0 unspecified atom stereocenters.